The molecule has 0 amide bonds. The van der Waals surface area contributed by atoms with Crippen molar-refractivity contribution in [1.29, 1.82) is 0 Å². The van der Waals surface area contributed by atoms with E-state index in [1.54, 1.807) is 0 Å². The summed E-state index contributed by atoms with van der Waals surface area (Å²) in [5.41, 5.74) is -2.54. The topological polar surface area (TPSA) is 31.4 Å². The van der Waals surface area contributed by atoms with E-state index < -0.39 is 42.1 Å². The van der Waals surface area contributed by atoms with E-state index in [4.69, 9.17) is 0 Å². The average Bonchev–Trinajstić information content (AvgIpc) is 2.25. The second-order valence-electron chi connectivity index (χ2n) is 3.18. The van der Waals surface area contributed by atoms with E-state index in [9.17, 15) is 30.7 Å². The van der Waals surface area contributed by atoms with Gasteiger partial charge in [-0.2, -0.15) is 13.2 Å². The van der Waals surface area contributed by atoms with E-state index in [1.165, 1.54) is 0 Å². The van der Waals surface area contributed by atoms with Crippen LogP contribution in [0, 0.1) is 0 Å². The predicted molar refractivity (Wildman–Crippen MR) is 47.3 cm³/mol. The third-order valence-corrected chi connectivity index (χ3v) is 1.85. The fraction of sp³-hybridized carbons (Fsp3) is 0.444. The van der Waals surface area contributed by atoms with Gasteiger partial charge in [-0.1, -0.05) is 0 Å². The number of pyridine rings is 1. The summed E-state index contributed by atoms with van der Waals surface area (Å²) in [6, 6.07) is 0.129. The monoisotopic (exact) mass is 293 g/mol. The second-order valence-corrected chi connectivity index (χ2v) is 3.18. The highest BCUT2D eigenvalue weighted by Crippen LogP contribution is 2.43. The number of hydrogen-bond donors (Lipinski definition) is 0. The van der Waals surface area contributed by atoms with Gasteiger partial charge >= 0.3 is 12.5 Å². The molecule has 0 saturated carbocycles. The highest BCUT2D eigenvalue weighted by Gasteiger charge is 2.42. The third kappa shape index (κ3) is 3.86. The third-order valence-electron chi connectivity index (χ3n) is 1.85. The van der Waals surface area contributed by atoms with Crippen molar-refractivity contribution >= 4 is 0 Å². The molecule has 0 radical (unpaired) electrons. The largest absolute Gasteiger partial charge is 0.573 e. The van der Waals surface area contributed by atoms with E-state index in [0.29, 0.717) is 0 Å². The highest BCUT2D eigenvalue weighted by atomic mass is 19.4. The van der Waals surface area contributed by atoms with Crippen LogP contribution in [0.3, 0.4) is 0 Å². The molecule has 0 unspecified atom stereocenters. The molecule has 19 heavy (non-hydrogen) atoms. The standard InChI is InChI=1S/C9H6F7NO2/c1-18-7-6(19-9(14,15)16)5(8(11,12)13)2-4(3-10)17-7/h2H,3H2,1H3. The number of methoxy groups -OCH3 is 1. The maximum atomic E-state index is 12.6. The summed E-state index contributed by atoms with van der Waals surface area (Å²) < 4.78 is 93.8. The summed E-state index contributed by atoms with van der Waals surface area (Å²) >= 11 is 0. The van der Waals surface area contributed by atoms with Crippen LogP contribution in [0.25, 0.3) is 0 Å². The van der Waals surface area contributed by atoms with Crippen LogP contribution >= 0.6 is 0 Å². The lowest BCUT2D eigenvalue weighted by Crippen LogP contribution is -2.21. The molecule has 108 valence electrons. The fourth-order valence-corrected chi connectivity index (χ4v) is 1.19. The van der Waals surface area contributed by atoms with Gasteiger partial charge in [-0.05, 0) is 6.07 Å². The van der Waals surface area contributed by atoms with Gasteiger partial charge in [0.1, 0.15) is 12.2 Å². The Morgan fingerprint density at radius 1 is 1.16 bits per heavy atom. The van der Waals surface area contributed by atoms with Crippen LogP contribution < -0.4 is 9.47 Å². The highest BCUT2D eigenvalue weighted by molar-refractivity contribution is 5.45. The molecule has 0 saturated heterocycles. The van der Waals surface area contributed by atoms with Crippen molar-refractivity contribution < 1.29 is 40.2 Å². The lowest BCUT2D eigenvalue weighted by atomic mass is 10.2. The maximum absolute atomic E-state index is 12.6. The molecule has 0 bridgehead atoms. The first-order chi connectivity index (χ1) is 8.58. The van der Waals surface area contributed by atoms with E-state index >= 15 is 0 Å². The van der Waals surface area contributed by atoms with Crippen LogP contribution in [0.1, 0.15) is 11.3 Å². The van der Waals surface area contributed by atoms with Gasteiger partial charge in [-0.15, -0.1) is 13.2 Å². The molecule has 0 N–H and O–H groups in total. The molecule has 0 aliphatic heterocycles. The number of rotatable bonds is 3. The summed E-state index contributed by atoms with van der Waals surface area (Å²) in [5.74, 6) is -2.75. The van der Waals surface area contributed by atoms with Crippen molar-refractivity contribution in [3.05, 3.63) is 17.3 Å². The minimum absolute atomic E-state index is 0.129. The quantitative estimate of drug-likeness (QED) is 0.800. The Labute approximate surface area is 101 Å². The van der Waals surface area contributed by atoms with Gasteiger partial charge in [0.25, 0.3) is 5.88 Å². The van der Waals surface area contributed by atoms with Gasteiger partial charge in [0, 0.05) is 0 Å². The number of aromatic nitrogens is 1. The smallest absolute Gasteiger partial charge is 0.478 e. The van der Waals surface area contributed by atoms with Crippen molar-refractivity contribution in [2.45, 2.75) is 19.2 Å². The zero-order chi connectivity index (χ0) is 14.8. The van der Waals surface area contributed by atoms with Crippen molar-refractivity contribution in [2.75, 3.05) is 7.11 Å². The Bertz CT molecular complexity index is 455. The second kappa shape index (κ2) is 5.10. The number of alkyl halides is 7. The zero-order valence-corrected chi connectivity index (χ0v) is 9.19. The Hall–Kier alpha value is -1.74. The molecule has 0 spiro atoms. The molecular weight excluding hydrogens is 287 g/mol. The first kappa shape index (κ1) is 15.3. The van der Waals surface area contributed by atoms with Crippen molar-refractivity contribution in [2.24, 2.45) is 0 Å². The zero-order valence-electron chi connectivity index (χ0n) is 9.19. The van der Waals surface area contributed by atoms with Crippen molar-refractivity contribution in [3.63, 3.8) is 0 Å². The summed E-state index contributed by atoms with van der Waals surface area (Å²) in [6.07, 6.45) is -10.5. The number of hydrogen-bond acceptors (Lipinski definition) is 3. The fourth-order valence-electron chi connectivity index (χ4n) is 1.19. The Balaban J connectivity index is 3.47. The van der Waals surface area contributed by atoms with Gasteiger partial charge in [-0.25, -0.2) is 9.37 Å². The summed E-state index contributed by atoms with van der Waals surface area (Å²) in [5, 5.41) is 0. The van der Waals surface area contributed by atoms with Gasteiger partial charge < -0.3 is 9.47 Å². The van der Waals surface area contributed by atoms with Crippen LogP contribution in [0.4, 0.5) is 30.7 Å². The molecule has 1 aromatic rings. The molecule has 0 fully saturated rings. The van der Waals surface area contributed by atoms with Gasteiger partial charge in [-0.3, -0.25) is 0 Å². The van der Waals surface area contributed by atoms with E-state index in [0.717, 1.165) is 7.11 Å². The minimum Gasteiger partial charge on any atom is -0.478 e. The first-order valence-electron chi connectivity index (χ1n) is 4.55. The molecular formula is C9H6F7NO2. The average molecular weight is 293 g/mol. The number of ether oxygens (including phenoxy) is 2. The maximum Gasteiger partial charge on any atom is 0.573 e. The molecule has 1 rings (SSSR count). The van der Waals surface area contributed by atoms with Crippen LogP contribution in [0.15, 0.2) is 6.07 Å². The lowest BCUT2D eigenvalue weighted by molar-refractivity contribution is -0.276. The normalized spacial score (nSPS) is 12.4. The van der Waals surface area contributed by atoms with Crippen LogP contribution in [-0.4, -0.2) is 18.5 Å². The summed E-state index contributed by atoms with van der Waals surface area (Å²) in [4.78, 5) is 3.15. The molecule has 0 atom stereocenters. The summed E-state index contributed by atoms with van der Waals surface area (Å²) in [6.45, 7) is -1.40. The van der Waals surface area contributed by atoms with E-state index in [1.807, 2.05) is 0 Å². The Morgan fingerprint density at radius 3 is 2.11 bits per heavy atom. The molecule has 3 nitrogen and oxygen atoms in total. The molecule has 10 heteroatoms. The SMILES string of the molecule is COc1nc(CF)cc(C(F)(F)F)c1OC(F)(F)F. The number of nitrogens with zero attached hydrogens (tertiary/aromatic N) is 1. The number of halogens is 7. The Morgan fingerprint density at radius 2 is 1.74 bits per heavy atom. The molecule has 1 aromatic heterocycles. The van der Waals surface area contributed by atoms with Gasteiger partial charge in [0.2, 0.25) is 5.75 Å². The van der Waals surface area contributed by atoms with Crippen LogP contribution in [0.5, 0.6) is 11.6 Å². The molecule has 0 aliphatic carbocycles. The van der Waals surface area contributed by atoms with Gasteiger partial charge in [0.15, 0.2) is 0 Å². The van der Waals surface area contributed by atoms with E-state index in [-0.39, 0.29) is 6.07 Å². The van der Waals surface area contributed by atoms with Crippen LogP contribution in [0.2, 0.25) is 0 Å². The molecule has 0 aromatic carbocycles. The lowest BCUT2D eigenvalue weighted by Gasteiger charge is -2.17. The van der Waals surface area contributed by atoms with Crippen molar-refractivity contribution in [1.82, 2.24) is 4.98 Å². The molecule has 0 aliphatic rings. The van der Waals surface area contributed by atoms with E-state index in [2.05, 4.69) is 14.5 Å². The summed E-state index contributed by atoms with van der Waals surface area (Å²) in [7, 11) is 0.785. The first-order valence-corrected chi connectivity index (χ1v) is 4.55. The van der Waals surface area contributed by atoms with Crippen molar-refractivity contribution in [3.8, 4) is 11.6 Å². The predicted octanol–water partition coefficient (Wildman–Crippen LogP) is 3.48. The Kier molecular flexibility index (Phi) is 4.11. The van der Waals surface area contributed by atoms with Crippen LogP contribution in [-0.2, 0) is 12.9 Å². The van der Waals surface area contributed by atoms with Gasteiger partial charge in [0.05, 0.1) is 12.8 Å². The molecule has 1 heterocycles. The minimum atomic E-state index is -5.37.